The predicted molar refractivity (Wildman–Crippen MR) is 115 cm³/mol. The molecule has 30 heavy (non-hydrogen) atoms. The molecule has 1 aliphatic rings. The van der Waals surface area contributed by atoms with Crippen molar-refractivity contribution >= 4 is 23.2 Å². The molecule has 1 aliphatic heterocycles. The Balaban J connectivity index is 1.28. The largest absolute Gasteiger partial charge is 0.497 e. The van der Waals surface area contributed by atoms with E-state index in [2.05, 4.69) is 25.4 Å². The van der Waals surface area contributed by atoms with Gasteiger partial charge in [0.05, 0.1) is 13.5 Å². The highest BCUT2D eigenvalue weighted by Crippen LogP contribution is 2.18. The van der Waals surface area contributed by atoms with Crippen LogP contribution in [0.3, 0.4) is 0 Å². The summed E-state index contributed by atoms with van der Waals surface area (Å²) in [6.07, 6.45) is 3.85. The van der Waals surface area contributed by atoms with Crippen molar-refractivity contribution in [3.8, 4) is 5.75 Å². The van der Waals surface area contributed by atoms with E-state index >= 15 is 0 Å². The second-order valence-electron chi connectivity index (χ2n) is 7.03. The van der Waals surface area contributed by atoms with Crippen molar-refractivity contribution in [3.63, 3.8) is 0 Å². The van der Waals surface area contributed by atoms with Gasteiger partial charge in [0, 0.05) is 44.3 Å². The Morgan fingerprint density at radius 2 is 1.70 bits per heavy atom. The van der Waals surface area contributed by atoms with Gasteiger partial charge in [-0.1, -0.05) is 12.1 Å². The molecule has 0 aliphatic carbocycles. The number of aromatic nitrogens is 3. The van der Waals surface area contributed by atoms with Crippen LogP contribution in [0.4, 0.5) is 17.3 Å². The summed E-state index contributed by atoms with van der Waals surface area (Å²) in [6, 6.07) is 15.2. The maximum absolute atomic E-state index is 12.6. The number of carbonyl (C=O) groups excluding carboxylic acids is 1. The fourth-order valence-corrected chi connectivity index (χ4v) is 3.36. The number of nitrogens with zero attached hydrogens (tertiary/aromatic N) is 5. The van der Waals surface area contributed by atoms with Crippen LogP contribution in [-0.2, 0) is 11.2 Å². The van der Waals surface area contributed by atoms with Crippen molar-refractivity contribution in [2.45, 2.75) is 6.42 Å². The molecular formula is C22H24N6O2. The maximum atomic E-state index is 12.6. The molecule has 1 fully saturated rings. The third kappa shape index (κ3) is 4.83. The van der Waals surface area contributed by atoms with Gasteiger partial charge in [0.2, 0.25) is 5.91 Å². The first-order valence-corrected chi connectivity index (χ1v) is 9.88. The summed E-state index contributed by atoms with van der Waals surface area (Å²) in [5.74, 6) is 2.43. The van der Waals surface area contributed by atoms with Crippen molar-refractivity contribution in [1.82, 2.24) is 20.1 Å². The Morgan fingerprint density at radius 3 is 2.33 bits per heavy atom. The zero-order chi connectivity index (χ0) is 20.8. The lowest BCUT2D eigenvalue weighted by molar-refractivity contribution is -0.130. The Bertz CT molecular complexity index is 955. The van der Waals surface area contributed by atoms with Gasteiger partial charge in [-0.2, -0.15) is 0 Å². The third-order valence-electron chi connectivity index (χ3n) is 5.07. The fraction of sp³-hybridized carbons (Fsp3) is 0.273. The van der Waals surface area contributed by atoms with E-state index in [1.54, 1.807) is 19.5 Å². The molecule has 154 valence electrons. The number of hydrogen-bond acceptors (Lipinski definition) is 7. The van der Waals surface area contributed by atoms with Crippen LogP contribution in [0.15, 0.2) is 60.9 Å². The molecule has 4 rings (SSSR count). The van der Waals surface area contributed by atoms with E-state index in [9.17, 15) is 4.79 Å². The van der Waals surface area contributed by atoms with Gasteiger partial charge in [0.25, 0.3) is 0 Å². The lowest BCUT2D eigenvalue weighted by Gasteiger charge is -2.35. The van der Waals surface area contributed by atoms with Crippen LogP contribution >= 0.6 is 0 Å². The van der Waals surface area contributed by atoms with Crippen LogP contribution in [0.1, 0.15) is 5.56 Å². The monoisotopic (exact) mass is 404 g/mol. The smallest absolute Gasteiger partial charge is 0.227 e. The lowest BCUT2D eigenvalue weighted by Crippen LogP contribution is -2.49. The molecule has 1 aromatic carbocycles. The Hall–Kier alpha value is -3.68. The fourth-order valence-electron chi connectivity index (χ4n) is 3.36. The molecular weight excluding hydrogens is 380 g/mol. The number of nitrogens with one attached hydrogen (secondary N) is 1. The van der Waals surface area contributed by atoms with Gasteiger partial charge < -0.3 is 19.9 Å². The Kier molecular flexibility index (Phi) is 6.03. The van der Waals surface area contributed by atoms with Crippen molar-refractivity contribution in [1.29, 1.82) is 0 Å². The molecule has 0 atom stereocenters. The Labute approximate surface area is 175 Å². The molecule has 8 nitrogen and oxygen atoms in total. The molecule has 1 amide bonds. The van der Waals surface area contributed by atoms with Crippen LogP contribution in [-0.4, -0.2) is 59.3 Å². The molecule has 0 spiro atoms. The molecule has 8 heteroatoms. The van der Waals surface area contributed by atoms with Crippen LogP contribution < -0.4 is 15.0 Å². The zero-order valence-corrected chi connectivity index (χ0v) is 16.9. The number of amides is 1. The summed E-state index contributed by atoms with van der Waals surface area (Å²) in [5, 5.41) is 11.8. The van der Waals surface area contributed by atoms with Gasteiger partial charge in [-0.25, -0.2) is 0 Å². The van der Waals surface area contributed by atoms with E-state index in [0.717, 1.165) is 35.9 Å². The summed E-state index contributed by atoms with van der Waals surface area (Å²) in [7, 11) is 1.63. The van der Waals surface area contributed by atoms with Crippen LogP contribution in [0.2, 0.25) is 0 Å². The molecule has 0 unspecified atom stereocenters. The number of methoxy groups -OCH3 is 1. The molecule has 1 N–H and O–H groups in total. The van der Waals surface area contributed by atoms with Gasteiger partial charge >= 0.3 is 0 Å². The van der Waals surface area contributed by atoms with Crippen LogP contribution in [0, 0.1) is 0 Å². The topological polar surface area (TPSA) is 83.5 Å². The second kappa shape index (κ2) is 9.21. The molecule has 3 aromatic rings. The maximum Gasteiger partial charge on any atom is 0.227 e. The first-order valence-electron chi connectivity index (χ1n) is 9.88. The van der Waals surface area contributed by atoms with Crippen molar-refractivity contribution in [2.75, 3.05) is 43.5 Å². The molecule has 1 saturated heterocycles. The van der Waals surface area contributed by atoms with E-state index in [4.69, 9.17) is 4.74 Å². The minimum Gasteiger partial charge on any atom is -0.497 e. The van der Waals surface area contributed by atoms with E-state index in [1.165, 1.54) is 0 Å². The summed E-state index contributed by atoms with van der Waals surface area (Å²) >= 11 is 0. The highest BCUT2D eigenvalue weighted by atomic mass is 16.5. The first-order chi connectivity index (χ1) is 14.7. The van der Waals surface area contributed by atoms with Crippen molar-refractivity contribution in [3.05, 3.63) is 66.5 Å². The third-order valence-corrected chi connectivity index (χ3v) is 5.07. The molecule has 2 aromatic heterocycles. The number of piperazine rings is 1. The molecule has 0 saturated carbocycles. The van der Waals surface area contributed by atoms with Gasteiger partial charge in [-0.05, 0) is 42.0 Å². The van der Waals surface area contributed by atoms with Crippen molar-refractivity contribution in [2.24, 2.45) is 0 Å². The minimum atomic E-state index is 0.141. The second-order valence-corrected chi connectivity index (χ2v) is 7.03. The van der Waals surface area contributed by atoms with Gasteiger partial charge in [-0.3, -0.25) is 9.78 Å². The summed E-state index contributed by atoms with van der Waals surface area (Å²) in [6.45, 7) is 2.82. The summed E-state index contributed by atoms with van der Waals surface area (Å²) in [5.41, 5.74) is 1.91. The Morgan fingerprint density at radius 1 is 0.967 bits per heavy atom. The highest BCUT2D eigenvalue weighted by Gasteiger charge is 2.22. The van der Waals surface area contributed by atoms with Crippen LogP contribution in [0.25, 0.3) is 0 Å². The number of rotatable bonds is 6. The quantitative estimate of drug-likeness (QED) is 0.676. The highest BCUT2D eigenvalue weighted by molar-refractivity contribution is 5.79. The number of ether oxygens (including phenoxy) is 1. The summed E-state index contributed by atoms with van der Waals surface area (Å²) in [4.78, 5) is 20.7. The number of pyridine rings is 1. The average molecular weight is 404 g/mol. The van der Waals surface area contributed by atoms with E-state index in [-0.39, 0.29) is 5.91 Å². The predicted octanol–water partition coefficient (Wildman–Crippen LogP) is 2.52. The normalized spacial score (nSPS) is 13.8. The molecule has 3 heterocycles. The number of anilines is 3. The van der Waals surface area contributed by atoms with E-state index in [1.807, 2.05) is 53.4 Å². The van der Waals surface area contributed by atoms with Crippen molar-refractivity contribution < 1.29 is 9.53 Å². The zero-order valence-electron chi connectivity index (χ0n) is 16.9. The van der Waals surface area contributed by atoms with Gasteiger partial charge in [0.1, 0.15) is 5.75 Å². The van der Waals surface area contributed by atoms with E-state index < -0.39 is 0 Å². The molecule has 0 bridgehead atoms. The molecule has 0 radical (unpaired) electrons. The SMILES string of the molecule is COc1ccc(CC(=O)N2CCN(c3ccc(Nc4ccncc4)nn3)CC2)cc1. The van der Waals surface area contributed by atoms with Gasteiger partial charge in [-0.15, -0.1) is 10.2 Å². The van der Waals surface area contributed by atoms with Crippen LogP contribution in [0.5, 0.6) is 5.75 Å². The number of benzene rings is 1. The lowest BCUT2D eigenvalue weighted by atomic mass is 10.1. The van der Waals surface area contributed by atoms with Gasteiger partial charge in [0.15, 0.2) is 11.6 Å². The number of hydrogen-bond donors (Lipinski definition) is 1. The number of carbonyl (C=O) groups is 1. The average Bonchev–Trinajstić information content (AvgIpc) is 2.81. The minimum absolute atomic E-state index is 0.141. The summed E-state index contributed by atoms with van der Waals surface area (Å²) < 4.78 is 5.16. The first kappa shape index (κ1) is 19.6. The van der Waals surface area contributed by atoms with E-state index in [0.29, 0.717) is 25.3 Å². The standard InChI is InChI=1S/C22H24N6O2/c1-30-19-4-2-17(3-5-19)16-22(29)28-14-12-27(13-15-28)21-7-6-20(25-26-21)24-18-8-10-23-11-9-18/h2-11H,12-16H2,1H3,(H,23,24,25).